The molecule has 1 saturated carbocycles. The SMILES string of the molecule is CCCCc1ccc([C@H]2C3=C(N=C4CC(C)(C)CC(=O)[C@H]42)c2ccccc2C3=O)cc1. The van der Waals surface area contributed by atoms with Crippen LogP contribution < -0.4 is 0 Å². The van der Waals surface area contributed by atoms with Crippen LogP contribution >= 0.6 is 0 Å². The third-order valence-corrected chi connectivity index (χ3v) is 7.00. The highest BCUT2D eigenvalue weighted by Crippen LogP contribution is 2.51. The largest absolute Gasteiger partial charge is 0.299 e. The van der Waals surface area contributed by atoms with Gasteiger partial charge in [-0.25, -0.2) is 0 Å². The van der Waals surface area contributed by atoms with Gasteiger partial charge in [0.25, 0.3) is 0 Å². The first-order valence-electron chi connectivity index (χ1n) is 11.5. The molecule has 3 aliphatic rings. The van der Waals surface area contributed by atoms with Gasteiger partial charge in [0.2, 0.25) is 0 Å². The number of allylic oxidation sites excluding steroid dienone is 1. The van der Waals surface area contributed by atoms with Gasteiger partial charge in [0.15, 0.2) is 5.78 Å². The smallest absolute Gasteiger partial charge is 0.192 e. The Kier molecular flexibility index (Phi) is 4.80. The number of Topliss-reactive ketones (excluding diaryl/α,β-unsaturated/α-hetero) is 2. The van der Waals surface area contributed by atoms with Gasteiger partial charge in [-0.15, -0.1) is 0 Å². The van der Waals surface area contributed by atoms with Crippen LogP contribution in [-0.2, 0) is 11.2 Å². The van der Waals surface area contributed by atoms with Crippen LogP contribution in [0.3, 0.4) is 0 Å². The average molecular weight is 412 g/mol. The summed E-state index contributed by atoms with van der Waals surface area (Å²) >= 11 is 0. The van der Waals surface area contributed by atoms with Gasteiger partial charge in [0.05, 0.1) is 11.6 Å². The van der Waals surface area contributed by atoms with Crippen LogP contribution in [0.4, 0.5) is 0 Å². The van der Waals surface area contributed by atoms with E-state index < -0.39 is 0 Å². The monoisotopic (exact) mass is 411 g/mol. The second-order valence-electron chi connectivity index (χ2n) is 10.0. The quantitative estimate of drug-likeness (QED) is 0.603. The summed E-state index contributed by atoms with van der Waals surface area (Å²) < 4.78 is 0. The molecule has 0 radical (unpaired) electrons. The first-order chi connectivity index (χ1) is 14.9. The molecule has 2 aromatic rings. The van der Waals surface area contributed by atoms with E-state index in [1.807, 2.05) is 24.3 Å². The minimum atomic E-state index is -0.327. The lowest BCUT2D eigenvalue weighted by Gasteiger charge is -2.40. The fourth-order valence-electron chi connectivity index (χ4n) is 5.55. The maximum Gasteiger partial charge on any atom is 0.192 e. The van der Waals surface area contributed by atoms with Crippen molar-refractivity contribution in [2.45, 2.75) is 58.8 Å². The number of unbranched alkanes of at least 4 members (excludes halogenated alkanes) is 1. The lowest BCUT2D eigenvalue weighted by Crippen LogP contribution is -2.43. The molecule has 0 amide bonds. The second kappa shape index (κ2) is 7.40. The highest BCUT2D eigenvalue weighted by molar-refractivity contribution is 6.25. The predicted molar refractivity (Wildman–Crippen MR) is 124 cm³/mol. The van der Waals surface area contributed by atoms with E-state index in [0.29, 0.717) is 17.6 Å². The van der Waals surface area contributed by atoms with E-state index in [1.54, 1.807) is 0 Å². The number of carbonyl (C=O) groups is 2. The Bertz CT molecular complexity index is 1130. The van der Waals surface area contributed by atoms with Crippen molar-refractivity contribution >= 4 is 23.0 Å². The standard InChI is InChI=1S/C28H29NO2/c1-4-5-8-17-11-13-18(14-12-17)23-24-21(15-28(2,3)16-22(24)30)29-26-19-9-6-7-10-20(19)27(31)25(23)26/h6-7,9-14,23-24H,4-5,8,15-16H2,1-3H3/t23-,24+/m1/s1. The fraction of sp³-hybridized carbons (Fsp3) is 0.393. The van der Waals surface area contributed by atoms with Crippen molar-refractivity contribution in [2.75, 3.05) is 0 Å². The maximum absolute atomic E-state index is 13.5. The van der Waals surface area contributed by atoms with E-state index in [2.05, 4.69) is 45.0 Å². The van der Waals surface area contributed by atoms with E-state index in [4.69, 9.17) is 4.99 Å². The highest BCUT2D eigenvalue weighted by Gasteiger charge is 2.49. The molecule has 2 aromatic carbocycles. The summed E-state index contributed by atoms with van der Waals surface area (Å²) in [6.45, 7) is 6.47. The number of benzene rings is 2. The Morgan fingerprint density at radius 2 is 1.65 bits per heavy atom. The van der Waals surface area contributed by atoms with Gasteiger partial charge in [-0.2, -0.15) is 0 Å². The van der Waals surface area contributed by atoms with Crippen molar-refractivity contribution in [1.29, 1.82) is 0 Å². The minimum Gasteiger partial charge on any atom is -0.299 e. The van der Waals surface area contributed by atoms with Gasteiger partial charge in [-0.1, -0.05) is 75.7 Å². The van der Waals surface area contributed by atoms with E-state index in [0.717, 1.165) is 35.4 Å². The molecule has 158 valence electrons. The van der Waals surface area contributed by atoms with E-state index >= 15 is 0 Å². The number of fused-ring (bicyclic) bond motifs is 3. The van der Waals surface area contributed by atoms with Gasteiger partial charge in [0, 0.05) is 34.8 Å². The molecule has 1 fully saturated rings. The molecule has 2 aliphatic carbocycles. The molecule has 3 heteroatoms. The van der Waals surface area contributed by atoms with Crippen LogP contribution in [-0.4, -0.2) is 17.3 Å². The predicted octanol–water partition coefficient (Wildman–Crippen LogP) is 6.18. The lowest BCUT2D eigenvalue weighted by atomic mass is 9.63. The number of hydrogen-bond acceptors (Lipinski definition) is 3. The second-order valence-corrected chi connectivity index (χ2v) is 10.0. The first-order valence-corrected chi connectivity index (χ1v) is 11.5. The molecule has 1 heterocycles. The summed E-state index contributed by atoms with van der Waals surface area (Å²) in [4.78, 5) is 31.9. The van der Waals surface area contributed by atoms with Gasteiger partial charge < -0.3 is 0 Å². The zero-order valence-electron chi connectivity index (χ0n) is 18.6. The molecule has 0 bridgehead atoms. The summed E-state index contributed by atoms with van der Waals surface area (Å²) in [5, 5.41) is 0. The Morgan fingerprint density at radius 3 is 2.35 bits per heavy atom. The van der Waals surface area contributed by atoms with Gasteiger partial charge in [0.1, 0.15) is 5.78 Å². The zero-order valence-corrected chi connectivity index (χ0v) is 18.6. The average Bonchev–Trinajstić information content (AvgIpc) is 3.02. The number of aliphatic imine (C=N–C) groups is 1. The third-order valence-electron chi connectivity index (χ3n) is 7.00. The van der Waals surface area contributed by atoms with Crippen LogP contribution in [0.15, 0.2) is 59.1 Å². The molecular weight excluding hydrogens is 382 g/mol. The summed E-state index contributed by atoms with van der Waals surface area (Å²) in [6, 6.07) is 16.3. The topological polar surface area (TPSA) is 46.5 Å². The lowest BCUT2D eigenvalue weighted by molar-refractivity contribution is -0.124. The Labute approximate surface area is 184 Å². The summed E-state index contributed by atoms with van der Waals surface area (Å²) in [6.07, 6.45) is 4.72. The van der Waals surface area contributed by atoms with Crippen molar-refractivity contribution in [2.24, 2.45) is 16.3 Å². The fourth-order valence-corrected chi connectivity index (χ4v) is 5.55. The van der Waals surface area contributed by atoms with Crippen LogP contribution in [0.1, 0.15) is 79.4 Å². The van der Waals surface area contributed by atoms with Crippen molar-refractivity contribution in [3.05, 3.63) is 76.4 Å². The first kappa shape index (κ1) is 20.1. The normalized spacial score (nSPS) is 23.9. The van der Waals surface area contributed by atoms with Crippen molar-refractivity contribution in [1.82, 2.24) is 0 Å². The minimum absolute atomic E-state index is 0.0334. The number of ketones is 2. The Balaban J connectivity index is 1.65. The highest BCUT2D eigenvalue weighted by atomic mass is 16.1. The number of nitrogens with zero attached hydrogens (tertiary/aromatic N) is 1. The van der Waals surface area contributed by atoms with Crippen LogP contribution in [0.5, 0.6) is 0 Å². The summed E-state index contributed by atoms with van der Waals surface area (Å²) in [7, 11) is 0. The van der Waals surface area contributed by atoms with Crippen molar-refractivity contribution < 1.29 is 9.59 Å². The number of hydrogen-bond donors (Lipinski definition) is 0. The maximum atomic E-state index is 13.5. The van der Waals surface area contributed by atoms with Gasteiger partial charge >= 0.3 is 0 Å². The van der Waals surface area contributed by atoms with E-state index in [9.17, 15) is 9.59 Å². The van der Waals surface area contributed by atoms with Gasteiger partial charge in [-0.05, 0) is 35.8 Å². The van der Waals surface area contributed by atoms with Gasteiger partial charge in [-0.3, -0.25) is 14.6 Å². The molecule has 0 saturated heterocycles. The van der Waals surface area contributed by atoms with Crippen LogP contribution in [0.25, 0.3) is 5.70 Å². The van der Waals surface area contributed by atoms with Crippen molar-refractivity contribution in [3.63, 3.8) is 0 Å². The molecule has 5 rings (SSSR count). The van der Waals surface area contributed by atoms with E-state index in [1.165, 1.54) is 18.4 Å². The molecular formula is C28H29NO2. The number of rotatable bonds is 4. The Morgan fingerprint density at radius 1 is 0.935 bits per heavy atom. The van der Waals surface area contributed by atoms with Crippen LogP contribution in [0.2, 0.25) is 0 Å². The summed E-state index contributed by atoms with van der Waals surface area (Å²) in [5.74, 6) is -0.325. The van der Waals surface area contributed by atoms with Crippen molar-refractivity contribution in [3.8, 4) is 0 Å². The molecule has 2 atom stereocenters. The molecule has 31 heavy (non-hydrogen) atoms. The van der Waals surface area contributed by atoms with Crippen LogP contribution in [0, 0.1) is 11.3 Å². The third kappa shape index (κ3) is 3.31. The molecule has 0 spiro atoms. The number of carbonyl (C=O) groups excluding carboxylic acids is 2. The Hall–Kier alpha value is -2.81. The zero-order chi connectivity index (χ0) is 21.8. The molecule has 0 unspecified atom stereocenters. The molecule has 1 aliphatic heterocycles. The van der Waals surface area contributed by atoms with E-state index in [-0.39, 0.29) is 28.8 Å². The molecule has 0 aromatic heterocycles. The number of aryl methyl sites for hydroxylation is 1. The molecule has 0 N–H and O–H groups in total. The summed E-state index contributed by atoms with van der Waals surface area (Å²) in [5.41, 5.74) is 6.34. The molecule has 3 nitrogen and oxygen atoms in total.